The van der Waals surface area contributed by atoms with Gasteiger partial charge in [-0.15, -0.1) is 0 Å². The van der Waals surface area contributed by atoms with E-state index in [1.54, 1.807) is 4.90 Å². The SMILES string of the molecule is O=CN1CCN(c2ncc(F)cn2)CC1. The predicted molar refractivity (Wildman–Crippen MR) is 51.8 cm³/mol. The van der Waals surface area contributed by atoms with Crippen LogP contribution in [0.25, 0.3) is 0 Å². The lowest BCUT2D eigenvalue weighted by Crippen LogP contribution is -2.46. The van der Waals surface area contributed by atoms with Crippen LogP contribution < -0.4 is 4.90 Å². The predicted octanol–water partition coefficient (Wildman–Crippen LogP) is -0.106. The zero-order chi connectivity index (χ0) is 10.7. The lowest BCUT2D eigenvalue weighted by Gasteiger charge is -2.32. The van der Waals surface area contributed by atoms with Crippen LogP contribution in [0.4, 0.5) is 10.3 Å². The molecule has 6 heteroatoms. The van der Waals surface area contributed by atoms with E-state index in [-0.39, 0.29) is 0 Å². The third kappa shape index (κ3) is 2.20. The molecule has 5 nitrogen and oxygen atoms in total. The van der Waals surface area contributed by atoms with Gasteiger partial charge in [0.25, 0.3) is 0 Å². The molecule has 15 heavy (non-hydrogen) atoms. The van der Waals surface area contributed by atoms with Crippen LogP contribution in [0.5, 0.6) is 0 Å². The first-order chi connectivity index (χ1) is 7.29. The standard InChI is InChI=1S/C9H11FN4O/c10-8-5-11-9(12-6-8)14-3-1-13(7-15)2-4-14/h5-7H,1-4H2. The molecule has 2 rings (SSSR count). The number of hydrogen-bond acceptors (Lipinski definition) is 4. The molecule has 0 bridgehead atoms. The van der Waals surface area contributed by atoms with Gasteiger partial charge in [-0.25, -0.2) is 14.4 Å². The fraction of sp³-hybridized carbons (Fsp3) is 0.444. The van der Waals surface area contributed by atoms with E-state index < -0.39 is 5.82 Å². The van der Waals surface area contributed by atoms with Crippen molar-refractivity contribution in [3.8, 4) is 0 Å². The molecule has 0 atom stereocenters. The van der Waals surface area contributed by atoms with Crippen molar-refractivity contribution in [2.24, 2.45) is 0 Å². The monoisotopic (exact) mass is 210 g/mol. The number of anilines is 1. The molecule has 1 fully saturated rings. The maximum atomic E-state index is 12.6. The van der Waals surface area contributed by atoms with Crippen molar-refractivity contribution in [2.45, 2.75) is 0 Å². The third-order valence-corrected chi connectivity index (χ3v) is 2.35. The van der Waals surface area contributed by atoms with Gasteiger partial charge < -0.3 is 9.80 Å². The molecule has 0 N–H and O–H groups in total. The van der Waals surface area contributed by atoms with Crippen LogP contribution in [0.1, 0.15) is 0 Å². The summed E-state index contributed by atoms with van der Waals surface area (Å²) in [5, 5.41) is 0. The van der Waals surface area contributed by atoms with E-state index in [0.29, 0.717) is 32.1 Å². The molecule has 1 aromatic rings. The van der Waals surface area contributed by atoms with Crippen LogP contribution in [0.15, 0.2) is 12.4 Å². The van der Waals surface area contributed by atoms with Crippen molar-refractivity contribution >= 4 is 12.4 Å². The van der Waals surface area contributed by atoms with Crippen LogP contribution in [0, 0.1) is 5.82 Å². The van der Waals surface area contributed by atoms with Crippen molar-refractivity contribution in [1.29, 1.82) is 0 Å². The first-order valence-electron chi connectivity index (χ1n) is 4.71. The smallest absolute Gasteiger partial charge is 0.225 e. The van der Waals surface area contributed by atoms with Crippen LogP contribution >= 0.6 is 0 Å². The molecule has 1 aliphatic rings. The van der Waals surface area contributed by atoms with E-state index in [1.165, 1.54) is 0 Å². The highest BCUT2D eigenvalue weighted by Crippen LogP contribution is 2.09. The van der Waals surface area contributed by atoms with Gasteiger partial charge >= 0.3 is 0 Å². The summed E-state index contributed by atoms with van der Waals surface area (Å²) in [5.74, 6) is 0.0761. The molecular formula is C9H11FN4O. The average Bonchev–Trinajstić information content (AvgIpc) is 2.30. The summed E-state index contributed by atoms with van der Waals surface area (Å²) >= 11 is 0. The van der Waals surface area contributed by atoms with E-state index in [2.05, 4.69) is 9.97 Å². The minimum atomic E-state index is -0.440. The van der Waals surface area contributed by atoms with Crippen molar-refractivity contribution in [3.05, 3.63) is 18.2 Å². The van der Waals surface area contributed by atoms with E-state index in [4.69, 9.17) is 0 Å². The summed E-state index contributed by atoms with van der Waals surface area (Å²) in [6, 6.07) is 0. The molecule has 1 saturated heterocycles. The molecule has 1 amide bonds. The molecule has 0 saturated carbocycles. The summed E-state index contributed by atoms with van der Waals surface area (Å²) in [7, 11) is 0. The largest absolute Gasteiger partial charge is 0.342 e. The van der Waals surface area contributed by atoms with Gasteiger partial charge in [-0.3, -0.25) is 4.79 Å². The number of amides is 1. The minimum Gasteiger partial charge on any atom is -0.342 e. The van der Waals surface area contributed by atoms with Crippen molar-refractivity contribution < 1.29 is 9.18 Å². The highest BCUT2D eigenvalue weighted by atomic mass is 19.1. The van der Waals surface area contributed by atoms with Crippen LogP contribution in [0.3, 0.4) is 0 Å². The molecule has 0 radical (unpaired) electrons. The van der Waals surface area contributed by atoms with Gasteiger partial charge in [-0.2, -0.15) is 0 Å². The molecule has 1 aliphatic heterocycles. The summed E-state index contributed by atoms with van der Waals surface area (Å²) in [4.78, 5) is 21.9. The van der Waals surface area contributed by atoms with Gasteiger partial charge in [0.05, 0.1) is 12.4 Å². The van der Waals surface area contributed by atoms with E-state index >= 15 is 0 Å². The topological polar surface area (TPSA) is 49.3 Å². The Bertz CT molecular complexity index is 334. The number of halogens is 1. The van der Waals surface area contributed by atoms with E-state index in [0.717, 1.165) is 18.8 Å². The fourth-order valence-corrected chi connectivity index (χ4v) is 1.50. The van der Waals surface area contributed by atoms with E-state index in [9.17, 15) is 9.18 Å². The first-order valence-corrected chi connectivity index (χ1v) is 4.71. The Morgan fingerprint density at radius 1 is 1.20 bits per heavy atom. The number of piperazine rings is 1. The van der Waals surface area contributed by atoms with Crippen LogP contribution in [-0.4, -0.2) is 47.5 Å². The second-order valence-corrected chi connectivity index (χ2v) is 3.33. The molecule has 0 aromatic carbocycles. The van der Waals surface area contributed by atoms with Gasteiger partial charge in [0.2, 0.25) is 12.4 Å². The quantitative estimate of drug-likeness (QED) is 0.639. The molecular weight excluding hydrogens is 199 g/mol. The Morgan fingerprint density at radius 3 is 2.33 bits per heavy atom. The van der Waals surface area contributed by atoms with Crippen molar-refractivity contribution in [3.63, 3.8) is 0 Å². The normalized spacial score (nSPS) is 16.6. The third-order valence-electron chi connectivity index (χ3n) is 2.35. The summed E-state index contributed by atoms with van der Waals surface area (Å²) in [6.07, 6.45) is 3.13. The number of hydrogen-bond donors (Lipinski definition) is 0. The van der Waals surface area contributed by atoms with Gasteiger partial charge in [0, 0.05) is 26.2 Å². The summed E-state index contributed by atoms with van der Waals surface area (Å²) in [6.45, 7) is 2.68. The Morgan fingerprint density at radius 2 is 1.80 bits per heavy atom. The summed E-state index contributed by atoms with van der Waals surface area (Å²) < 4.78 is 12.6. The van der Waals surface area contributed by atoms with E-state index in [1.807, 2.05) is 4.90 Å². The minimum absolute atomic E-state index is 0.440. The highest BCUT2D eigenvalue weighted by Gasteiger charge is 2.17. The number of aromatic nitrogens is 2. The number of nitrogens with zero attached hydrogens (tertiary/aromatic N) is 4. The second kappa shape index (κ2) is 4.20. The second-order valence-electron chi connectivity index (χ2n) is 3.33. The summed E-state index contributed by atoms with van der Waals surface area (Å²) in [5.41, 5.74) is 0. The fourth-order valence-electron chi connectivity index (χ4n) is 1.50. The molecule has 0 spiro atoms. The first kappa shape index (κ1) is 9.82. The van der Waals surface area contributed by atoms with Crippen molar-refractivity contribution in [2.75, 3.05) is 31.1 Å². The van der Waals surface area contributed by atoms with Crippen molar-refractivity contribution in [1.82, 2.24) is 14.9 Å². The molecule has 1 aromatic heterocycles. The van der Waals surface area contributed by atoms with Gasteiger partial charge in [0.15, 0.2) is 5.82 Å². The molecule has 0 unspecified atom stereocenters. The highest BCUT2D eigenvalue weighted by molar-refractivity contribution is 5.48. The van der Waals surface area contributed by atoms with Crippen LogP contribution in [0.2, 0.25) is 0 Å². The maximum absolute atomic E-state index is 12.6. The zero-order valence-electron chi connectivity index (χ0n) is 8.14. The Balaban J connectivity index is 2.01. The van der Waals surface area contributed by atoms with Gasteiger partial charge in [-0.1, -0.05) is 0 Å². The Hall–Kier alpha value is -1.72. The number of rotatable bonds is 2. The lowest BCUT2D eigenvalue weighted by atomic mass is 10.3. The lowest BCUT2D eigenvalue weighted by molar-refractivity contribution is -0.118. The zero-order valence-corrected chi connectivity index (χ0v) is 8.14. The molecule has 0 aliphatic carbocycles. The van der Waals surface area contributed by atoms with Gasteiger partial charge in [-0.05, 0) is 0 Å². The maximum Gasteiger partial charge on any atom is 0.225 e. The van der Waals surface area contributed by atoms with Gasteiger partial charge in [0.1, 0.15) is 0 Å². The Kier molecular flexibility index (Phi) is 2.75. The molecule has 80 valence electrons. The number of carbonyl (C=O) groups excluding carboxylic acids is 1. The van der Waals surface area contributed by atoms with Crippen LogP contribution in [-0.2, 0) is 4.79 Å². The number of carbonyl (C=O) groups is 1. The Labute approximate surface area is 86.5 Å². The average molecular weight is 210 g/mol. The molecule has 2 heterocycles.